The standard InChI is InChI=1S/C15H21ClN4/c1-4-18-13(12-7-6-8-17-10-12)9-14-15(16)11(3)19-20(14)5-2/h6-8,10,13,18H,4-5,9H2,1-3H3. The molecule has 0 spiro atoms. The zero-order valence-corrected chi connectivity index (χ0v) is 13.0. The number of nitrogens with zero attached hydrogens (tertiary/aromatic N) is 3. The van der Waals surface area contributed by atoms with Crippen LogP contribution in [0.3, 0.4) is 0 Å². The molecule has 4 nitrogen and oxygen atoms in total. The van der Waals surface area contributed by atoms with Crippen molar-refractivity contribution >= 4 is 11.6 Å². The largest absolute Gasteiger partial charge is 0.310 e. The molecule has 0 bridgehead atoms. The second-order valence-corrected chi connectivity index (χ2v) is 5.14. The van der Waals surface area contributed by atoms with Crippen LogP contribution in [0.15, 0.2) is 24.5 Å². The Morgan fingerprint density at radius 2 is 2.20 bits per heavy atom. The summed E-state index contributed by atoms with van der Waals surface area (Å²) >= 11 is 6.40. The molecule has 0 saturated carbocycles. The minimum absolute atomic E-state index is 0.201. The molecule has 2 aromatic rings. The Morgan fingerprint density at radius 1 is 1.40 bits per heavy atom. The Hall–Kier alpha value is -1.39. The minimum Gasteiger partial charge on any atom is -0.310 e. The number of aromatic nitrogens is 3. The topological polar surface area (TPSA) is 42.7 Å². The van der Waals surface area contributed by atoms with Crippen LogP contribution in [0, 0.1) is 6.92 Å². The summed E-state index contributed by atoms with van der Waals surface area (Å²) in [6.07, 6.45) is 4.51. The van der Waals surface area contributed by atoms with E-state index in [9.17, 15) is 0 Å². The lowest BCUT2D eigenvalue weighted by Crippen LogP contribution is -2.24. The smallest absolute Gasteiger partial charge is 0.0847 e. The van der Waals surface area contributed by atoms with Gasteiger partial charge in [0.2, 0.25) is 0 Å². The number of halogens is 1. The minimum atomic E-state index is 0.201. The van der Waals surface area contributed by atoms with E-state index in [4.69, 9.17) is 11.6 Å². The van der Waals surface area contributed by atoms with E-state index in [1.54, 1.807) is 6.20 Å². The lowest BCUT2D eigenvalue weighted by molar-refractivity contribution is 0.515. The van der Waals surface area contributed by atoms with Gasteiger partial charge in [-0.05, 0) is 32.0 Å². The van der Waals surface area contributed by atoms with Crippen LogP contribution in [0.5, 0.6) is 0 Å². The molecule has 2 rings (SSSR count). The molecular formula is C15H21ClN4. The molecule has 1 atom stereocenters. The highest BCUT2D eigenvalue weighted by Gasteiger charge is 2.18. The molecule has 0 aromatic carbocycles. The first-order chi connectivity index (χ1) is 9.67. The van der Waals surface area contributed by atoms with Crippen molar-refractivity contribution in [1.82, 2.24) is 20.1 Å². The molecule has 108 valence electrons. The molecule has 1 unspecified atom stereocenters. The maximum atomic E-state index is 6.40. The van der Waals surface area contributed by atoms with Crippen molar-refractivity contribution in [2.45, 2.75) is 39.8 Å². The van der Waals surface area contributed by atoms with Gasteiger partial charge in [-0.15, -0.1) is 0 Å². The molecule has 5 heteroatoms. The van der Waals surface area contributed by atoms with E-state index < -0.39 is 0 Å². The number of likely N-dealkylation sites (N-methyl/N-ethyl adjacent to an activating group) is 1. The molecule has 0 saturated heterocycles. The van der Waals surface area contributed by atoms with Crippen LogP contribution in [0.1, 0.15) is 36.8 Å². The van der Waals surface area contributed by atoms with Gasteiger partial charge in [-0.1, -0.05) is 24.6 Å². The van der Waals surface area contributed by atoms with Gasteiger partial charge in [-0.25, -0.2) is 0 Å². The molecular weight excluding hydrogens is 272 g/mol. The number of rotatable bonds is 6. The maximum absolute atomic E-state index is 6.40. The van der Waals surface area contributed by atoms with Gasteiger partial charge < -0.3 is 5.32 Å². The zero-order valence-electron chi connectivity index (χ0n) is 12.2. The molecule has 0 aliphatic carbocycles. The summed E-state index contributed by atoms with van der Waals surface area (Å²) in [4.78, 5) is 4.20. The van der Waals surface area contributed by atoms with Gasteiger partial charge in [0.05, 0.1) is 16.4 Å². The normalized spacial score (nSPS) is 12.6. The first kappa shape index (κ1) is 15.0. The van der Waals surface area contributed by atoms with Crippen LogP contribution in [0.4, 0.5) is 0 Å². The van der Waals surface area contributed by atoms with Gasteiger partial charge in [0.1, 0.15) is 0 Å². The highest BCUT2D eigenvalue weighted by molar-refractivity contribution is 6.31. The van der Waals surface area contributed by atoms with Crippen molar-refractivity contribution in [3.63, 3.8) is 0 Å². The van der Waals surface area contributed by atoms with E-state index in [0.29, 0.717) is 0 Å². The van der Waals surface area contributed by atoms with E-state index >= 15 is 0 Å². The summed E-state index contributed by atoms with van der Waals surface area (Å²) in [6, 6.07) is 4.25. The van der Waals surface area contributed by atoms with Gasteiger partial charge >= 0.3 is 0 Å². The average Bonchev–Trinajstić information content (AvgIpc) is 2.75. The van der Waals surface area contributed by atoms with E-state index in [-0.39, 0.29) is 6.04 Å². The van der Waals surface area contributed by atoms with E-state index in [1.165, 1.54) is 5.56 Å². The van der Waals surface area contributed by atoms with Gasteiger partial charge in [-0.2, -0.15) is 5.10 Å². The Balaban J connectivity index is 2.29. The monoisotopic (exact) mass is 292 g/mol. The SMILES string of the molecule is CCNC(Cc1c(Cl)c(C)nn1CC)c1cccnc1. The van der Waals surface area contributed by atoms with Crippen LogP contribution >= 0.6 is 11.6 Å². The van der Waals surface area contributed by atoms with Crippen LogP contribution in [-0.4, -0.2) is 21.3 Å². The number of nitrogens with one attached hydrogen (secondary N) is 1. The van der Waals surface area contributed by atoms with Crippen LogP contribution in [0.2, 0.25) is 5.02 Å². The number of aryl methyl sites for hydroxylation is 2. The summed E-state index contributed by atoms with van der Waals surface area (Å²) in [6.45, 7) is 7.86. The van der Waals surface area contributed by atoms with Crippen molar-refractivity contribution in [2.75, 3.05) is 6.54 Å². The third kappa shape index (κ3) is 3.19. The van der Waals surface area contributed by atoms with E-state index in [1.807, 2.05) is 23.9 Å². The average molecular weight is 293 g/mol. The van der Waals surface area contributed by atoms with Gasteiger partial charge in [-0.3, -0.25) is 9.67 Å². The maximum Gasteiger partial charge on any atom is 0.0847 e. The summed E-state index contributed by atoms with van der Waals surface area (Å²) in [5.41, 5.74) is 3.15. The summed E-state index contributed by atoms with van der Waals surface area (Å²) < 4.78 is 1.98. The highest BCUT2D eigenvalue weighted by atomic mass is 35.5. The van der Waals surface area contributed by atoms with Crippen LogP contribution in [-0.2, 0) is 13.0 Å². The number of pyridine rings is 1. The van der Waals surface area contributed by atoms with Crippen molar-refractivity contribution in [3.8, 4) is 0 Å². The highest BCUT2D eigenvalue weighted by Crippen LogP contribution is 2.26. The molecule has 2 aromatic heterocycles. The Kier molecular flexibility index (Phi) is 5.15. The van der Waals surface area contributed by atoms with Crippen LogP contribution in [0.25, 0.3) is 0 Å². The lowest BCUT2D eigenvalue weighted by atomic mass is 10.0. The fraction of sp³-hybridized carbons (Fsp3) is 0.467. The molecule has 0 radical (unpaired) electrons. The third-order valence-electron chi connectivity index (χ3n) is 3.39. The predicted octanol–water partition coefficient (Wildman–Crippen LogP) is 3.15. The Morgan fingerprint density at radius 3 is 2.80 bits per heavy atom. The molecule has 0 fully saturated rings. The van der Waals surface area contributed by atoms with Gasteiger partial charge in [0.15, 0.2) is 0 Å². The van der Waals surface area contributed by atoms with Crippen LogP contribution < -0.4 is 5.32 Å². The van der Waals surface area contributed by atoms with Crippen molar-refractivity contribution < 1.29 is 0 Å². The molecule has 20 heavy (non-hydrogen) atoms. The lowest BCUT2D eigenvalue weighted by Gasteiger charge is -2.18. The third-order valence-corrected chi connectivity index (χ3v) is 3.88. The summed E-state index contributed by atoms with van der Waals surface area (Å²) in [5.74, 6) is 0. The summed E-state index contributed by atoms with van der Waals surface area (Å²) in [5, 5.41) is 8.75. The van der Waals surface area contributed by atoms with E-state index in [2.05, 4.69) is 35.3 Å². The van der Waals surface area contributed by atoms with Crippen molar-refractivity contribution in [2.24, 2.45) is 0 Å². The molecule has 0 amide bonds. The Bertz CT molecular complexity index is 551. The predicted molar refractivity (Wildman–Crippen MR) is 82.0 cm³/mol. The van der Waals surface area contributed by atoms with Gasteiger partial charge in [0, 0.05) is 31.4 Å². The molecule has 0 aliphatic rings. The zero-order chi connectivity index (χ0) is 14.5. The first-order valence-electron chi connectivity index (χ1n) is 7.02. The van der Waals surface area contributed by atoms with Gasteiger partial charge in [0.25, 0.3) is 0 Å². The second kappa shape index (κ2) is 6.86. The van der Waals surface area contributed by atoms with E-state index in [0.717, 1.165) is 35.9 Å². The quantitative estimate of drug-likeness (QED) is 0.889. The van der Waals surface area contributed by atoms with Crippen molar-refractivity contribution in [3.05, 3.63) is 46.5 Å². The molecule has 0 aliphatic heterocycles. The Labute approximate surface area is 125 Å². The van der Waals surface area contributed by atoms with Crippen molar-refractivity contribution in [1.29, 1.82) is 0 Å². The first-order valence-corrected chi connectivity index (χ1v) is 7.40. The summed E-state index contributed by atoms with van der Waals surface area (Å²) in [7, 11) is 0. The fourth-order valence-corrected chi connectivity index (χ4v) is 2.61. The molecule has 1 N–H and O–H groups in total. The number of hydrogen-bond acceptors (Lipinski definition) is 3. The fourth-order valence-electron chi connectivity index (χ4n) is 2.39. The second-order valence-electron chi connectivity index (χ2n) is 4.76. The molecule has 2 heterocycles. The number of hydrogen-bond donors (Lipinski definition) is 1.